The van der Waals surface area contributed by atoms with Crippen molar-refractivity contribution in [2.75, 3.05) is 6.23 Å². The fourth-order valence-corrected chi connectivity index (χ4v) is 3.43. The van der Waals surface area contributed by atoms with Crippen molar-refractivity contribution in [1.82, 2.24) is 0 Å². The molecule has 0 atom stereocenters. The normalized spacial score (nSPS) is 13.0. The van der Waals surface area contributed by atoms with Gasteiger partial charge in [-0.2, -0.15) is 21.6 Å². The molecule has 3 nitrogen and oxygen atoms in total. The van der Waals surface area contributed by atoms with Crippen molar-refractivity contribution in [3.8, 4) is 0 Å². The third kappa shape index (κ3) is 3.82. The maximum atomic E-state index is 12.0. The second-order valence-electron chi connectivity index (χ2n) is 3.31. The van der Waals surface area contributed by atoms with Crippen molar-refractivity contribution < 1.29 is 25.8 Å². The van der Waals surface area contributed by atoms with Gasteiger partial charge in [-0.05, 0) is 0 Å². The lowest BCUT2D eigenvalue weighted by Crippen LogP contribution is -2.36. The summed E-state index contributed by atoms with van der Waals surface area (Å²) in [6.45, 7) is 1.69. The lowest BCUT2D eigenvalue weighted by Gasteiger charge is -2.12. The van der Waals surface area contributed by atoms with Crippen molar-refractivity contribution in [1.29, 1.82) is 0 Å². The Morgan fingerprint density at radius 1 is 1.24 bits per heavy atom. The molecular formula is C9H10F3O3SSi. The number of alkyl halides is 3. The maximum Gasteiger partial charge on any atom is 0.523 e. The lowest BCUT2D eigenvalue weighted by atomic mass is 10.4. The van der Waals surface area contributed by atoms with E-state index < -0.39 is 30.7 Å². The Hall–Kier alpha value is -0.863. The molecular weight excluding hydrogens is 273 g/mol. The molecule has 1 rings (SSSR count). The van der Waals surface area contributed by atoms with Gasteiger partial charge in [0.25, 0.3) is 0 Å². The molecule has 0 spiro atoms. The van der Waals surface area contributed by atoms with Gasteiger partial charge < -0.3 is 0 Å². The van der Waals surface area contributed by atoms with Crippen LogP contribution in [0.15, 0.2) is 30.3 Å². The fraction of sp³-hybridized carbons (Fsp3) is 0.333. The van der Waals surface area contributed by atoms with E-state index in [9.17, 15) is 21.6 Å². The van der Waals surface area contributed by atoms with Gasteiger partial charge in [0.1, 0.15) is 8.80 Å². The van der Waals surface area contributed by atoms with Crippen LogP contribution < -0.4 is 5.19 Å². The standard InChI is InChI=1S/C9H10F3O3SSi/c1-17(8-5-3-2-4-6-8)7-15-16(13,14)9(10,11)12/h2-6H,7H2,1H3. The smallest absolute Gasteiger partial charge is 0.266 e. The summed E-state index contributed by atoms with van der Waals surface area (Å²) in [6.07, 6.45) is -0.434. The first-order valence-electron chi connectivity index (χ1n) is 4.57. The van der Waals surface area contributed by atoms with Gasteiger partial charge >= 0.3 is 15.6 Å². The number of halogens is 3. The van der Waals surface area contributed by atoms with Crippen molar-refractivity contribution in [3.63, 3.8) is 0 Å². The summed E-state index contributed by atoms with van der Waals surface area (Å²) in [7, 11) is -6.94. The minimum Gasteiger partial charge on any atom is -0.266 e. The molecule has 0 amide bonds. The quantitative estimate of drug-likeness (QED) is 0.477. The van der Waals surface area contributed by atoms with Crippen LogP contribution in [0.4, 0.5) is 13.2 Å². The topological polar surface area (TPSA) is 43.4 Å². The van der Waals surface area contributed by atoms with E-state index in [-0.39, 0.29) is 0 Å². The second kappa shape index (κ2) is 5.19. The van der Waals surface area contributed by atoms with Gasteiger partial charge in [0.15, 0.2) is 0 Å². The highest BCUT2D eigenvalue weighted by molar-refractivity contribution is 7.87. The molecule has 1 aromatic rings. The molecule has 0 aliphatic heterocycles. The van der Waals surface area contributed by atoms with Crippen LogP contribution in [0.2, 0.25) is 6.55 Å². The van der Waals surface area contributed by atoms with Crippen molar-refractivity contribution in [2.45, 2.75) is 12.1 Å². The summed E-state index contributed by atoms with van der Waals surface area (Å²) in [6, 6.07) is 8.71. The summed E-state index contributed by atoms with van der Waals surface area (Å²) in [5.41, 5.74) is -5.36. The SMILES string of the molecule is C[Si](COS(=O)(=O)C(F)(F)F)c1ccccc1. The summed E-state index contributed by atoms with van der Waals surface area (Å²) >= 11 is 0. The molecule has 0 saturated carbocycles. The van der Waals surface area contributed by atoms with Crippen LogP contribution >= 0.6 is 0 Å². The Morgan fingerprint density at radius 2 is 1.76 bits per heavy atom. The molecule has 1 aromatic carbocycles. The van der Waals surface area contributed by atoms with Crippen molar-refractivity contribution in [3.05, 3.63) is 30.3 Å². The van der Waals surface area contributed by atoms with Gasteiger partial charge in [0, 0.05) is 0 Å². The highest BCUT2D eigenvalue weighted by Crippen LogP contribution is 2.24. The molecule has 0 saturated heterocycles. The summed E-state index contributed by atoms with van der Waals surface area (Å²) in [4.78, 5) is 0. The zero-order valence-corrected chi connectivity index (χ0v) is 10.7. The van der Waals surface area contributed by atoms with E-state index in [1.807, 2.05) is 0 Å². The van der Waals surface area contributed by atoms with Crippen LogP contribution in [0.1, 0.15) is 0 Å². The van der Waals surface area contributed by atoms with Crippen LogP contribution in [0, 0.1) is 0 Å². The summed E-state index contributed by atoms with van der Waals surface area (Å²) in [5.74, 6) is 0. The second-order valence-corrected chi connectivity index (χ2v) is 7.34. The molecule has 0 aliphatic carbocycles. The molecule has 0 fully saturated rings. The third-order valence-electron chi connectivity index (χ3n) is 1.98. The van der Waals surface area contributed by atoms with E-state index in [1.165, 1.54) is 0 Å². The predicted octanol–water partition coefficient (Wildman–Crippen LogP) is 1.42. The number of hydrogen-bond donors (Lipinski definition) is 0. The number of hydrogen-bond acceptors (Lipinski definition) is 3. The van der Waals surface area contributed by atoms with E-state index in [0.29, 0.717) is 0 Å². The first-order valence-corrected chi connectivity index (χ1v) is 8.19. The van der Waals surface area contributed by atoms with Crippen LogP contribution in [0.5, 0.6) is 0 Å². The van der Waals surface area contributed by atoms with E-state index in [4.69, 9.17) is 0 Å². The Labute approximate surface area is 98.9 Å². The van der Waals surface area contributed by atoms with E-state index in [0.717, 1.165) is 5.19 Å². The van der Waals surface area contributed by atoms with Gasteiger partial charge in [-0.25, -0.2) is 0 Å². The van der Waals surface area contributed by atoms with Gasteiger partial charge in [0.05, 0.1) is 6.23 Å². The zero-order chi connectivity index (χ0) is 13.1. The Morgan fingerprint density at radius 3 is 2.24 bits per heavy atom. The van der Waals surface area contributed by atoms with Crippen LogP contribution in [0.25, 0.3) is 0 Å². The third-order valence-corrected chi connectivity index (χ3v) is 5.08. The predicted molar refractivity (Wildman–Crippen MR) is 58.6 cm³/mol. The maximum absolute atomic E-state index is 12.0. The first kappa shape index (κ1) is 14.2. The summed E-state index contributed by atoms with van der Waals surface area (Å²) < 4.78 is 61.3. The zero-order valence-electron chi connectivity index (χ0n) is 8.86. The Kier molecular flexibility index (Phi) is 4.34. The van der Waals surface area contributed by atoms with E-state index in [1.54, 1.807) is 36.9 Å². The van der Waals surface area contributed by atoms with E-state index >= 15 is 0 Å². The Bertz CT molecular complexity index is 458. The monoisotopic (exact) mass is 283 g/mol. The lowest BCUT2D eigenvalue weighted by molar-refractivity contribution is -0.0531. The van der Waals surface area contributed by atoms with Crippen molar-refractivity contribution in [2.24, 2.45) is 0 Å². The van der Waals surface area contributed by atoms with Crippen molar-refractivity contribution >= 4 is 24.1 Å². The van der Waals surface area contributed by atoms with Crippen LogP contribution in [-0.4, -0.2) is 29.0 Å². The number of rotatable bonds is 4. The average Bonchev–Trinajstić information content (AvgIpc) is 2.25. The van der Waals surface area contributed by atoms with Crippen LogP contribution in [0.3, 0.4) is 0 Å². The molecule has 0 N–H and O–H groups in total. The highest BCUT2D eigenvalue weighted by Gasteiger charge is 2.47. The molecule has 17 heavy (non-hydrogen) atoms. The molecule has 0 heterocycles. The minimum atomic E-state index is -5.48. The molecule has 1 radical (unpaired) electrons. The minimum absolute atomic E-state index is 0.434. The molecule has 0 unspecified atom stereocenters. The average molecular weight is 283 g/mol. The number of benzene rings is 1. The molecule has 8 heteroatoms. The molecule has 0 aliphatic rings. The van der Waals surface area contributed by atoms with Gasteiger partial charge in [-0.1, -0.05) is 42.1 Å². The molecule has 0 aromatic heterocycles. The fourth-order valence-electron chi connectivity index (χ4n) is 1.04. The van der Waals surface area contributed by atoms with Gasteiger partial charge in [0.2, 0.25) is 0 Å². The largest absolute Gasteiger partial charge is 0.523 e. The van der Waals surface area contributed by atoms with Crippen LogP contribution in [-0.2, 0) is 14.3 Å². The molecule has 95 valence electrons. The summed E-state index contributed by atoms with van der Waals surface area (Å²) in [5, 5.41) is 0.815. The van der Waals surface area contributed by atoms with Gasteiger partial charge in [-0.3, -0.25) is 4.18 Å². The van der Waals surface area contributed by atoms with Gasteiger partial charge in [-0.15, -0.1) is 0 Å². The first-order chi connectivity index (χ1) is 7.74. The van der Waals surface area contributed by atoms with E-state index in [2.05, 4.69) is 4.18 Å². The highest BCUT2D eigenvalue weighted by atomic mass is 32.2. The molecule has 0 bridgehead atoms. The Balaban J connectivity index is 2.64.